The zero-order chi connectivity index (χ0) is 23.1. The second-order valence-corrected chi connectivity index (χ2v) is 9.14. The number of fused-ring (bicyclic) bond motifs is 2. The van der Waals surface area contributed by atoms with Gasteiger partial charge in [-0.25, -0.2) is 0 Å². The predicted molar refractivity (Wildman–Crippen MR) is 134 cm³/mol. The van der Waals surface area contributed by atoms with Gasteiger partial charge >= 0.3 is 0 Å². The Morgan fingerprint density at radius 2 is 1.79 bits per heavy atom. The Hall–Kier alpha value is -3.78. The van der Waals surface area contributed by atoms with Crippen molar-refractivity contribution in [3.63, 3.8) is 0 Å². The Labute approximate surface area is 194 Å². The molecular weight excluding hydrogens is 434 g/mol. The van der Waals surface area contributed by atoms with Gasteiger partial charge in [0.15, 0.2) is 5.17 Å². The van der Waals surface area contributed by atoms with Gasteiger partial charge in [-0.2, -0.15) is 0 Å². The van der Waals surface area contributed by atoms with E-state index in [9.17, 15) is 9.59 Å². The maximum Gasteiger partial charge on any atom is 0.275 e. The number of benzene rings is 2. The SMILES string of the molecule is Cc1cc2ccccc2n1C1=C(c2cn(CCCSC(=N)N)c3ccccc23)C(=O)NC1=O. The number of amidine groups is 1. The Balaban J connectivity index is 1.68. The van der Waals surface area contributed by atoms with Gasteiger partial charge in [0.2, 0.25) is 0 Å². The Morgan fingerprint density at radius 1 is 1.06 bits per heavy atom. The van der Waals surface area contributed by atoms with E-state index in [0.717, 1.165) is 45.2 Å². The first-order valence-electron chi connectivity index (χ1n) is 10.7. The van der Waals surface area contributed by atoms with Crippen LogP contribution in [0.5, 0.6) is 0 Å². The zero-order valence-corrected chi connectivity index (χ0v) is 18.9. The Kier molecular flexibility index (Phi) is 5.30. The number of hydrogen-bond acceptors (Lipinski definition) is 4. The number of imide groups is 1. The number of rotatable bonds is 6. The summed E-state index contributed by atoms with van der Waals surface area (Å²) in [4.78, 5) is 26.1. The van der Waals surface area contributed by atoms with E-state index < -0.39 is 5.91 Å². The van der Waals surface area contributed by atoms with Crippen LogP contribution in [0.2, 0.25) is 0 Å². The molecule has 0 bridgehead atoms. The van der Waals surface area contributed by atoms with Crippen LogP contribution in [-0.2, 0) is 16.1 Å². The topological polar surface area (TPSA) is 106 Å². The third kappa shape index (κ3) is 3.62. The van der Waals surface area contributed by atoms with E-state index in [1.807, 2.05) is 72.3 Å². The molecule has 5 rings (SSSR count). The van der Waals surface area contributed by atoms with Crippen LogP contribution in [0.15, 0.2) is 60.8 Å². The fourth-order valence-electron chi connectivity index (χ4n) is 4.55. The van der Waals surface area contributed by atoms with Crippen molar-refractivity contribution in [3.8, 4) is 0 Å². The van der Waals surface area contributed by atoms with Crippen molar-refractivity contribution in [2.45, 2.75) is 19.9 Å². The highest BCUT2D eigenvalue weighted by Crippen LogP contribution is 2.36. The molecule has 166 valence electrons. The van der Waals surface area contributed by atoms with Crippen molar-refractivity contribution in [2.24, 2.45) is 5.73 Å². The fraction of sp³-hybridized carbons (Fsp3) is 0.160. The molecule has 2 amide bonds. The van der Waals surface area contributed by atoms with Crippen LogP contribution in [-0.4, -0.2) is 31.9 Å². The number of nitrogens with one attached hydrogen (secondary N) is 2. The lowest BCUT2D eigenvalue weighted by Crippen LogP contribution is -2.23. The minimum Gasteiger partial charge on any atom is -0.379 e. The van der Waals surface area contributed by atoms with Crippen molar-refractivity contribution in [2.75, 3.05) is 5.75 Å². The number of thioether (sulfide) groups is 1. The Bertz CT molecular complexity index is 1480. The molecule has 0 atom stereocenters. The van der Waals surface area contributed by atoms with Gasteiger partial charge in [-0.1, -0.05) is 48.2 Å². The molecule has 33 heavy (non-hydrogen) atoms. The second kappa shape index (κ2) is 8.29. The van der Waals surface area contributed by atoms with Gasteiger partial charge < -0.3 is 14.9 Å². The standard InChI is InChI=1S/C25H23N5O2S/c1-15-13-16-7-2-4-9-19(16)30(15)22-21(23(31)28-24(22)32)18-14-29(11-6-12-33-25(26)27)20-10-5-3-8-17(18)20/h2-5,7-10,13-14H,6,11-12H2,1H3,(H3,26,27)(H,28,31,32). The molecule has 0 aliphatic carbocycles. The lowest BCUT2D eigenvalue weighted by atomic mass is 10.0. The third-order valence-electron chi connectivity index (χ3n) is 5.88. The summed E-state index contributed by atoms with van der Waals surface area (Å²) in [6, 6.07) is 17.8. The van der Waals surface area contributed by atoms with E-state index >= 15 is 0 Å². The van der Waals surface area contributed by atoms with Crippen molar-refractivity contribution in [3.05, 3.63) is 72.1 Å². The molecule has 0 radical (unpaired) electrons. The molecule has 2 aromatic carbocycles. The molecule has 4 aromatic rings. The fourth-order valence-corrected chi connectivity index (χ4v) is 5.04. The van der Waals surface area contributed by atoms with Gasteiger partial charge in [-0.3, -0.25) is 20.3 Å². The molecule has 1 aliphatic rings. The normalized spacial score (nSPS) is 14.0. The van der Waals surface area contributed by atoms with Crippen LogP contribution >= 0.6 is 11.8 Å². The summed E-state index contributed by atoms with van der Waals surface area (Å²) < 4.78 is 3.98. The van der Waals surface area contributed by atoms with Gasteiger partial charge in [-0.05, 0) is 31.5 Å². The van der Waals surface area contributed by atoms with Gasteiger partial charge in [0.05, 0.1) is 11.1 Å². The third-order valence-corrected chi connectivity index (χ3v) is 6.69. The molecule has 0 saturated carbocycles. The molecule has 0 fully saturated rings. The molecule has 0 spiro atoms. The maximum absolute atomic E-state index is 13.1. The van der Waals surface area contributed by atoms with E-state index in [-0.39, 0.29) is 11.1 Å². The molecule has 0 saturated heterocycles. The van der Waals surface area contributed by atoms with Crippen LogP contribution in [0, 0.1) is 12.3 Å². The summed E-state index contributed by atoms with van der Waals surface area (Å²) in [5, 5.41) is 11.9. The maximum atomic E-state index is 13.1. The minimum absolute atomic E-state index is 0.110. The average molecular weight is 458 g/mol. The van der Waals surface area contributed by atoms with E-state index in [0.29, 0.717) is 17.8 Å². The molecule has 8 heteroatoms. The highest BCUT2D eigenvalue weighted by molar-refractivity contribution is 8.13. The number of carbonyl (C=O) groups is 2. The van der Waals surface area contributed by atoms with Crippen molar-refractivity contribution in [1.82, 2.24) is 14.5 Å². The quantitative estimate of drug-likeness (QED) is 0.176. The average Bonchev–Trinajstić information content (AvgIpc) is 3.40. The largest absolute Gasteiger partial charge is 0.379 e. The van der Waals surface area contributed by atoms with Crippen molar-refractivity contribution in [1.29, 1.82) is 5.41 Å². The summed E-state index contributed by atoms with van der Waals surface area (Å²) in [6.07, 6.45) is 2.78. The van der Waals surface area contributed by atoms with Gasteiger partial charge in [0.1, 0.15) is 5.70 Å². The lowest BCUT2D eigenvalue weighted by molar-refractivity contribution is -0.122. The number of para-hydroxylation sites is 2. The first-order chi connectivity index (χ1) is 16.0. The van der Waals surface area contributed by atoms with Gasteiger partial charge in [-0.15, -0.1) is 0 Å². The van der Waals surface area contributed by atoms with Crippen LogP contribution < -0.4 is 11.1 Å². The number of nitrogens with zero attached hydrogens (tertiary/aromatic N) is 2. The van der Waals surface area contributed by atoms with E-state index in [1.54, 1.807) is 0 Å². The zero-order valence-electron chi connectivity index (χ0n) is 18.1. The molecule has 3 heterocycles. The summed E-state index contributed by atoms with van der Waals surface area (Å²) in [6.45, 7) is 2.65. The monoisotopic (exact) mass is 457 g/mol. The minimum atomic E-state index is -0.394. The molecule has 2 aromatic heterocycles. The van der Waals surface area contributed by atoms with Crippen molar-refractivity contribution >= 4 is 61.8 Å². The highest BCUT2D eigenvalue weighted by atomic mass is 32.2. The van der Waals surface area contributed by atoms with Gasteiger partial charge in [0, 0.05) is 46.0 Å². The smallest absolute Gasteiger partial charge is 0.275 e. The van der Waals surface area contributed by atoms with Crippen LogP contribution in [0.25, 0.3) is 33.1 Å². The molecule has 1 aliphatic heterocycles. The summed E-state index contributed by atoms with van der Waals surface area (Å²) in [5.41, 5.74) is 9.69. The number of aryl methyl sites for hydroxylation is 2. The number of amides is 2. The van der Waals surface area contributed by atoms with E-state index in [4.69, 9.17) is 11.1 Å². The van der Waals surface area contributed by atoms with Gasteiger partial charge in [0.25, 0.3) is 11.8 Å². The number of nitrogens with two attached hydrogens (primary N) is 1. The first kappa shape index (κ1) is 21.1. The number of aromatic nitrogens is 2. The number of hydrogen-bond donors (Lipinski definition) is 3. The predicted octanol–water partition coefficient (Wildman–Crippen LogP) is 3.95. The molecule has 7 nitrogen and oxygen atoms in total. The first-order valence-corrected chi connectivity index (χ1v) is 11.7. The number of carbonyl (C=O) groups excluding carboxylic acids is 2. The van der Waals surface area contributed by atoms with Crippen molar-refractivity contribution < 1.29 is 9.59 Å². The van der Waals surface area contributed by atoms with E-state index in [2.05, 4.69) is 9.88 Å². The summed E-state index contributed by atoms with van der Waals surface area (Å²) >= 11 is 1.32. The molecule has 0 unspecified atom stereocenters. The summed E-state index contributed by atoms with van der Waals surface area (Å²) in [5.74, 6) is -0.0464. The molecular formula is C25H23N5O2S. The molecule has 4 N–H and O–H groups in total. The summed E-state index contributed by atoms with van der Waals surface area (Å²) in [7, 11) is 0. The van der Waals surface area contributed by atoms with E-state index in [1.165, 1.54) is 11.8 Å². The van der Waals surface area contributed by atoms with Crippen LogP contribution in [0.3, 0.4) is 0 Å². The van der Waals surface area contributed by atoms with Crippen LogP contribution in [0.4, 0.5) is 0 Å². The second-order valence-electron chi connectivity index (χ2n) is 8.01. The Morgan fingerprint density at radius 3 is 2.58 bits per heavy atom. The lowest BCUT2D eigenvalue weighted by Gasteiger charge is -2.10. The van der Waals surface area contributed by atoms with Crippen LogP contribution in [0.1, 0.15) is 17.7 Å². The highest BCUT2D eigenvalue weighted by Gasteiger charge is 2.35.